The van der Waals surface area contributed by atoms with E-state index in [0.29, 0.717) is 19.5 Å². The van der Waals surface area contributed by atoms with E-state index < -0.39 is 27.5 Å². The van der Waals surface area contributed by atoms with Gasteiger partial charge in [0.25, 0.3) is 5.91 Å². The number of benzene rings is 2. The summed E-state index contributed by atoms with van der Waals surface area (Å²) in [4.78, 5) is 20.0. The molecule has 3 rings (SSSR count). The van der Waals surface area contributed by atoms with Gasteiger partial charge in [-0.15, -0.1) is 0 Å². The number of nitrogens with one attached hydrogen (secondary N) is 2. The third kappa shape index (κ3) is 6.99. The van der Waals surface area contributed by atoms with E-state index in [2.05, 4.69) is 26.7 Å². The van der Waals surface area contributed by atoms with Crippen LogP contribution in [0.15, 0.2) is 39.7 Å². The second-order valence-corrected chi connectivity index (χ2v) is 11.8. The summed E-state index contributed by atoms with van der Waals surface area (Å²) in [6.07, 6.45) is -4.13. The Morgan fingerprint density at radius 2 is 2.00 bits per heavy atom. The fourth-order valence-corrected chi connectivity index (χ4v) is 5.93. The van der Waals surface area contributed by atoms with Crippen LogP contribution in [0.3, 0.4) is 0 Å². The molecule has 1 fully saturated rings. The monoisotopic (exact) mass is 611 g/mol. The molecular formula is C23H26BrClF3N3O4S. The number of hydrogen-bond acceptors (Lipinski definition) is 6. The molecule has 1 aliphatic heterocycles. The zero-order valence-corrected chi connectivity index (χ0v) is 22.7. The van der Waals surface area contributed by atoms with Crippen LogP contribution >= 0.6 is 27.5 Å². The number of nitrogens with zero attached hydrogens (tertiary/aromatic N) is 1. The van der Waals surface area contributed by atoms with Crippen molar-refractivity contribution in [3.63, 3.8) is 0 Å². The zero-order chi connectivity index (χ0) is 26.7. The molecule has 1 amide bonds. The number of carbonyl (C=O) groups is 1. The number of likely N-dealkylation sites (tertiary alicyclic amines) is 1. The Morgan fingerprint density at radius 3 is 2.64 bits per heavy atom. The van der Waals surface area contributed by atoms with Gasteiger partial charge in [-0.25, -0.2) is 13.9 Å². The summed E-state index contributed by atoms with van der Waals surface area (Å²) in [6, 6.07) is 6.33. The van der Waals surface area contributed by atoms with E-state index in [9.17, 15) is 26.4 Å². The third-order valence-corrected chi connectivity index (χ3v) is 8.61. The van der Waals surface area contributed by atoms with Crippen molar-refractivity contribution in [2.75, 3.05) is 25.9 Å². The van der Waals surface area contributed by atoms with Gasteiger partial charge in [-0.1, -0.05) is 34.5 Å². The molecule has 0 aromatic heterocycles. The van der Waals surface area contributed by atoms with Crippen LogP contribution in [0.1, 0.15) is 40.4 Å². The lowest BCUT2D eigenvalue weighted by molar-refractivity contribution is -0.138. The van der Waals surface area contributed by atoms with E-state index in [1.165, 1.54) is 31.2 Å². The Kier molecular flexibility index (Phi) is 9.45. The molecular weight excluding hydrogens is 587 g/mol. The molecule has 198 valence electrons. The van der Waals surface area contributed by atoms with Crippen molar-refractivity contribution in [1.82, 2.24) is 15.7 Å². The Morgan fingerprint density at radius 1 is 1.28 bits per heavy atom. The Bertz CT molecular complexity index is 1230. The minimum absolute atomic E-state index is 0.00776. The van der Waals surface area contributed by atoms with Crippen molar-refractivity contribution in [2.24, 2.45) is 0 Å². The van der Waals surface area contributed by atoms with Gasteiger partial charge < -0.3 is 5.32 Å². The van der Waals surface area contributed by atoms with Crippen LogP contribution in [-0.2, 0) is 33.9 Å². The van der Waals surface area contributed by atoms with E-state index in [1.807, 2.05) is 4.90 Å². The van der Waals surface area contributed by atoms with Gasteiger partial charge >= 0.3 is 6.18 Å². The van der Waals surface area contributed by atoms with E-state index in [0.717, 1.165) is 6.07 Å². The number of hydroxylamine groups is 1. The number of hydrogen-bond donors (Lipinski definition) is 2. The molecule has 7 nitrogen and oxygen atoms in total. The minimum Gasteiger partial charge on any atom is -0.348 e. The summed E-state index contributed by atoms with van der Waals surface area (Å²) in [5.41, 5.74) is 1.74. The topological polar surface area (TPSA) is 87.7 Å². The fraction of sp³-hybridized carbons (Fsp3) is 0.435. The van der Waals surface area contributed by atoms with Crippen molar-refractivity contribution in [3.05, 3.63) is 62.1 Å². The summed E-state index contributed by atoms with van der Waals surface area (Å²) in [7, 11) is -1.97. The Hall–Kier alpha value is -1.70. The molecule has 1 aliphatic rings. The van der Waals surface area contributed by atoms with Gasteiger partial charge in [0.2, 0.25) is 0 Å². The zero-order valence-electron chi connectivity index (χ0n) is 19.6. The first-order chi connectivity index (χ1) is 16.9. The molecule has 2 aromatic carbocycles. The van der Waals surface area contributed by atoms with E-state index in [-0.39, 0.29) is 56.0 Å². The van der Waals surface area contributed by atoms with Gasteiger partial charge in [-0.3, -0.25) is 14.5 Å². The number of halogens is 5. The quantitative estimate of drug-likeness (QED) is 0.404. The lowest BCUT2D eigenvalue weighted by Gasteiger charge is -2.21. The van der Waals surface area contributed by atoms with E-state index >= 15 is 0 Å². The molecule has 1 saturated heterocycles. The minimum atomic E-state index is -4.69. The predicted molar refractivity (Wildman–Crippen MR) is 133 cm³/mol. The van der Waals surface area contributed by atoms with Crippen LogP contribution < -0.4 is 10.8 Å². The normalized spacial score (nSPS) is 16.9. The smallest absolute Gasteiger partial charge is 0.348 e. The summed E-state index contributed by atoms with van der Waals surface area (Å²) in [5.74, 6) is -0.936. The first-order valence-corrected chi connectivity index (χ1v) is 13.9. The van der Waals surface area contributed by atoms with Crippen LogP contribution in [0, 0.1) is 0 Å². The number of sulfone groups is 1. The van der Waals surface area contributed by atoms with Gasteiger partial charge in [0.1, 0.15) is 0 Å². The number of alkyl halides is 3. The number of rotatable bonds is 9. The van der Waals surface area contributed by atoms with Gasteiger partial charge in [0.05, 0.1) is 22.3 Å². The van der Waals surface area contributed by atoms with Crippen molar-refractivity contribution in [3.8, 4) is 0 Å². The van der Waals surface area contributed by atoms with Crippen molar-refractivity contribution in [1.29, 1.82) is 0 Å². The molecule has 0 saturated carbocycles. The van der Waals surface area contributed by atoms with Gasteiger partial charge in [-0.05, 0) is 47.9 Å². The van der Waals surface area contributed by atoms with Crippen LogP contribution in [0.4, 0.5) is 13.2 Å². The highest BCUT2D eigenvalue weighted by molar-refractivity contribution is 9.10. The highest BCUT2D eigenvalue weighted by Crippen LogP contribution is 2.37. The maximum atomic E-state index is 14.0. The predicted octanol–water partition coefficient (Wildman–Crippen LogP) is 4.57. The molecule has 1 unspecified atom stereocenters. The molecule has 13 heteroatoms. The van der Waals surface area contributed by atoms with Crippen molar-refractivity contribution >= 4 is 43.3 Å². The second-order valence-electron chi connectivity index (χ2n) is 8.29. The standard InChI is InChI=1S/C23H26BrClF3N3O4S/c1-3-36(33,34)21-5-4-16(25)8-15(21)11-30-22(32)14-9-19(23(26,27)28)18(20(24)10-14)13-31-7-6-17(12-31)35-29-2/h4-5,8-10,17,29H,3,6-7,11-13H2,1-2H3,(H,30,32). The van der Waals surface area contributed by atoms with Gasteiger partial charge in [-0.2, -0.15) is 13.2 Å². The van der Waals surface area contributed by atoms with Gasteiger partial charge in [0.15, 0.2) is 9.84 Å². The summed E-state index contributed by atoms with van der Waals surface area (Å²) < 4.78 is 66.8. The molecule has 1 heterocycles. The highest BCUT2D eigenvalue weighted by atomic mass is 79.9. The first-order valence-electron chi connectivity index (χ1n) is 11.1. The van der Waals surface area contributed by atoms with Gasteiger partial charge in [0, 0.05) is 48.3 Å². The lowest BCUT2D eigenvalue weighted by atomic mass is 10.0. The Labute approximate surface area is 221 Å². The summed E-state index contributed by atoms with van der Waals surface area (Å²) in [6.45, 7) is 2.33. The SMILES string of the molecule is CCS(=O)(=O)c1ccc(Cl)cc1CNC(=O)c1cc(Br)c(CN2CCC(ONC)C2)c(C(F)(F)F)c1. The molecule has 0 aliphatic carbocycles. The van der Waals surface area contributed by atoms with Crippen molar-refractivity contribution in [2.45, 2.75) is 43.6 Å². The molecule has 36 heavy (non-hydrogen) atoms. The molecule has 1 atom stereocenters. The van der Waals surface area contributed by atoms with Crippen LogP contribution in [0.2, 0.25) is 5.02 Å². The van der Waals surface area contributed by atoms with Crippen LogP contribution in [0.5, 0.6) is 0 Å². The maximum absolute atomic E-state index is 14.0. The lowest BCUT2D eigenvalue weighted by Crippen LogP contribution is -2.28. The molecule has 2 aromatic rings. The van der Waals surface area contributed by atoms with E-state index in [4.69, 9.17) is 16.4 Å². The average Bonchev–Trinajstić information content (AvgIpc) is 3.25. The number of amides is 1. The third-order valence-electron chi connectivity index (χ3n) is 5.84. The second kappa shape index (κ2) is 11.8. The average molecular weight is 613 g/mol. The van der Waals surface area contributed by atoms with Crippen LogP contribution in [-0.4, -0.2) is 51.2 Å². The Balaban J connectivity index is 1.84. The highest BCUT2D eigenvalue weighted by Gasteiger charge is 2.36. The summed E-state index contributed by atoms with van der Waals surface area (Å²) in [5, 5.41) is 2.78. The molecule has 2 N–H and O–H groups in total. The molecule has 0 spiro atoms. The first kappa shape index (κ1) is 28.9. The summed E-state index contributed by atoms with van der Waals surface area (Å²) >= 11 is 9.21. The molecule has 0 radical (unpaired) electrons. The largest absolute Gasteiger partial charge is 0.416 e. The van der Waals surface area contributed by atoms with E-state index in [1.54, 1.807) is 7.05 Å². The maximum Gasteiger partial charge on any atom is 0.416 e. The number of carbonyl (C=O) groups excluding carboxylic acids is 1. The molecule has 0 bridgehead atoms. The fourth-order valence-electron chi connectivity index (χ4n) is 4.03. The van der Waals surface area contributed by atoms with Crippen molar-refractivity contribution < 1.29 is 31.2 Å². The van der Waals surface area contributed by atoms with Crippen LogP contribution in [0.25, 0.3) is 0 Å².